The van der Waals surface area contributed by atoms with Crippen molar-refractivity contribution < 1.29 is 14.7 Å². The summed E-state index contributed by atoms with van der Waals surface area (Å²) in [6.45, 7) is 6.50. The topological polar surface area (TPSA) is 54.4 Å². The Labute approximate surface area is 145 Å². The summed E-state index contributed by atoms with van der Waals surface area (Å²) in [5, 5.41) is 9.50. The van der Waals surface area contributed by atoms with Gasteiger partial charge >= 0.3 is 5.97 Å². The molecule has 0 heterocycles. The number of carboxylic acids is 1. The molecule has 1 fully saturated rings. The lowest BCUT2D eigenvalue weighted by molar-refractivity contribution is -0.144. The van der Waals surface area contributed by atoms with E-state index in [4.69, 9.17) is 0 Å². The zero-order valence-electron chi connectivity index (χ0n) is 15.1. The minimum atomic E-state index is -0.861. The maximum atomic E-state index is 12.6. The minimum absolute atomic E-state index is 0.0693. The fourth-order valence-electron chi connectivity index (χ4n) is 3.77. The average Bonchev–Trinajstić information content (AvgIpc) is 2.56. The van der Waals surface area contributed by atoms with E-state index in [2.05, 4.69) is 13.8 Å². The molecule has 0 aromatic heterocycles. The van der Waals surface area contributed by atoms with Gasteiger partial charge in [0.15, 0.2) is 0 Å². The van der Waals surface area contributed by atoms with Crippen molar-refractivity contribution in [1.29, 1.82) is 0 Å². The lowest BCUT2D eigenvalue weighted by Crippen LogP contribution is -2.28. The molecule has 3 heteroatoms. The predicted octanol–water partition coefficient (Wildman–Crippen LogP) is 4.66. The highest BCUT2D eigenvalue weighted by molar-refractivity contribution is 5.85. The van der Waals surface area contributed by atoms with Gasteiger partial charge in [-0.15, -0.1) is 0 Å². The van der Waals surface area contributed by atoms with Crippen LogP contribution in [0.5, 0.6) is 0 Å². The van der Waals surface area contributed by atoms with Gasteiger partial charge in [-0.2, -0.15) is 0 Å². The van der Waals surface area contributed by atoms with Gasteiger partial charge < -0.3 is 5.11 Å². The third kappa shape index (κ3) is 5.19. The molecule has 0 bridgehead atoms. The average molecular weight is 330 g/mol. The van der Waals surface area contributed by atoms with E-state index in [1.807, 2.05) is 31.2 Å². The number of hydrogen-bond acceptors (Lipinski definition) is 2. The Kier molecular flexibility index (Phi) is 6.59. The molecular weight excluding hydrogens is 300 g/mol. The van der Waals surface area contributed by atoms with E-state index in [1.54, 1.807) is 0 Å². The molecule has 0 aliphatic heterocycles. The lowest BCUT2D eigenvalue weighted by Gasteiger charge is -2.30. The van der Waals surface area contributed by atoms with Crippen LogP contribution in [-0.4, -0.2) is 16.9 Å². The first-order valence-corrected chi connectivity index (χ1v) is 9.18. The molecule has 0 spiro atoms. The van der Waals surface area contributed by atoms with Crippen molar-refractivity contribution in [3.05, 3.63) is 35.4 Å². The highest BCUT2D eigenvalue weighted by Gasteiger charge is 2.30. The first-order valence-electron chi connectivity index (χ1n) is 9.18. The van der Waals surface area contributed by atoms with Gasteiger partial charge in [-0.3, -0.25) is 9.59 Å². The monoisotopic (exact) mass is 330 g/mol. The maximum absolute atomic E-state index is 12.6. The van der Waals surface area contributed by atoms with Crippen molar-refractivity contribution >= 4 is 11.8 Å². The van der Waals surface area contributed by atoms with Crippen LogP contribution in [0.15, 0.2) is 24.3 Å². The minimum Gasteiger partial charge on any atom is -0.481 e. The molecule has 0 radical (unpaired) electrons. The van der Waals surface area contributed by atoms with Crippen LogP contribution in [0.1, 0.15) is 57.1 Å². The van der Waals surface area contributed by atoms with Crippen LogP contribution in [0, 0.1) is 30.6 Å². The molecule has 1 aliphatic carbocycles. The number of carboxylic acid groups (broad SMARTS) is 1. The number of Topliss-reactive ketones (excluding diaryl/α,β-unsaturated/α-hetero) is 1. The molecule has 1 saturated carbocycles. The van der Waals surface area contributed by atoms with Crippen LogP contribution >= 0.6 is 0 Å². The van der Waals surface area contributed by atoms with Crippen LogP contribution in [0.25, 0.3) is 0 Å². The number of rotatable bonds is 7. The molecular formula is C21H30O3. The molecule has 1 aromatic carbocycles. The summed E-state index contributed by atoms with van der Waals surface area (Å²) in [5.41, 5.74) is 2.15. The maximum Gasteiger partial charge on any atom is 0.307 e. The summed E-state index contributed by atoms with van der Waals surface area (Å²) in [4.78, 5) is 24.1. The van der Waals surface area contributed by atoms with Gasteiger partial charge in [-0.05, 0) is 56.4 Å². The SMILES string of the molecule is Cc1ccc(CC(CC(=O)C2CCC(C(C)C)CC2)C(=O)O)cc1. The van der Waals surface area contributed by atoms with Gasteiger partial charge in [0.05, 0.1) is 5.92 Å². The first-order chi connectivity index (χ1) is 11.4. The fourth-order valence-corrected chi connectivity index (χ4v) is 3.77. The molecule has 132 valence electrons. The van der Waals surface area contributed by atoms with Crippen molar-refractivity contribution in [3.8, 4) is 0 Å². The largest absolute Gasteiger partial charge is 0.481 e. The molecule has 1 atom stereocenters. The second kappa shape index (κ2) is 8.46. The lowest BCUT2D eigenvalue weighted by atomic mass is 9.74. The molecule has 24 heavy (non-hydrogen) atoms. The fraction of sp³-hybridized carbons (Fsp3) is 0.619. The number of hydrogen-bond donors (Lipinski definition) is 1. The molecule has 0 saturated heterocycles. The number of aliphatic carboxylic acids is 1. The van der Waals surface area contributed by atoms with Crippen LogP contribution < -0.4 is 0 Å². The van der Waals surface area contributed by atoms with Crippen LogP contribution in [0.3, 0.4) is 0 Å². The van der Waals surface area contributed by atoms with Crippen LogP contribution in [0.2, 0.25) is 0 Å². The van der Waals surface area contributed by atoms with Crippen LogP contribution in [-0.2, 0) is 16.0 Å². The first kappa shape index (κ1) is 18.7. The molecule has 3 nitrogen and oxygen atoms in total. The molecule has 2 rings (SSSR count). The second-order valence-corrected chi connectivity index (χ2v) is 7.75. The molecule has 1 aromatic rings. The second-order valence-electron chi connectivity index (χ2n) is 7.75. The van der Waals surface area contributed by atoms with Crippen molar-refractivity contribution in [1.82, 2.24) is 0 Å². The van der Waals surface area contributed by atoms with Crippen molar-refractivity contribution in [2.45, 2.75) is 59.3 Å². The number of aryl methyl sites for hydroxylation is 1. The zero-order chi connectivity index (χ0) is 17.7. The smallest absolute Gasteiger partial charge is 0.307 e. The summed E-state index contributed by atoms with van der Waals surface area (Å²) in [6, 6.07) is 7.90. The quantitative estimate of drug-likeness (QED) is 0.791. The molecule has 0 amide bonds. The highest BCUT2D eigenvalue weighted by Crippen LogP contribution is 2.34. The Morgan fingerprint density at radius 2 is 1.67 bits per heavy atom. The Hall–Kier alpha value is -1.64. The van der Waals surface area contributed by atoms with E-state index in [0.29, 0.717) is 12.3 Å². The standard InChI is InChI=1S/C21H30O3/c1-14(2)17-8-10-18(11-9-17)20(22)13-19(21(23)24)12-16-6-4-15(3)5-7-16/h4-7,14,17-19H,8-13H2,1-3H3,(H,23,24). The molecule has 1 unspecified atom stereocenters. The van der Waals surface area contributed by atoms with Crippen molar-refractivity contribution in [2.75, 3.05) is 0 Å². The van der Waals surface area contributed by atoms with E-state index in [-0.39, 0.29) is 18.1 Å². The van der Waals surface area contributed by atoms with Gasteiger partial charge in [0.2, 0.25) is 0 Å². The van der Waals surface area contributed by atoms with Crippen molar-refractivity contribution in [2.24, 2.45) is 23.7 Å². The Bertz CT molecular complexity index is 551. The van der Waals surface area contributed by atoms with Crippen molar-refractivity contribution in [3.63, 3.8) is 0 Å². The zero-order valence-corrected chi connectivity index (χ0v) is 15.1. The number of ketones is 1. The summed E-state index contributed by atoms with van der Waals surface area (Å²) in [5.74, 6) is 0.144. The van der Waals surface area contributed by atoms with E-state index in [0.717, 1.165) is 42.7 Å². The Balaban J connectivity index is 1.92. The van der Waals surface area contributed by atoms with Crippen LogP contribution in [0.4, 0.5) is 0 Å². The van der Waals surface area contributed by atoms with Gasteiger partial charge in [-0.1, -0.05) is 43.7 Å². The van der Waals surface area contributed by atoms with E-state index in [9.17, 15) is 14.7 Å². The van der Waals surface area contributed by atoms with Gasteiger partial charge in [0, 0.05) is 12.3 Å². The summed E-state index contributed by atoms with van der Waals surface area (Å²) >= 11 is 0. The van der Waals surface area contributed by atoms with E-state index >= 15 is 0 Å². The highest BCUT2D eigenvalue weighted by atomic mass is 16.4. The summed E-state index contributed by atoms with van der Waals surface area (Å²) in [7, 11) is 0. The predicted molar refractivity (Wildman–Crippen MR) is 95.9 cm³/mol. The molecule has 1 N–H and O–H groups in total. The molecule has 1 aliphatic rings. The van der Waals surface area contributed by atoms with Gasteiger partial charge in [0.1, 0.15) is 5.78 Å². The third-order valence-corrected chi connectivity index (χ3v) is 5.57. The Morgan fingerprint density at radius 3 is 2.17 bits per heavy atom. The van der Waals surface area contributed by atoms with E-state index in [1.165, 1.54) is 0 Å². The normalized spacial score (nSPS) is 22.3. The number of carbonyl (C=O) groups is 2. The van der Waals surface area contributed by atoms with E-state index < -0.39 is 11.9 Å². The van der Waals surface area contributed by atoms with Gasteiger partial charge in [-0.25, -0.2) is 0 Å². The van der Waals surface area contributed by atoms with Gasteiger partial charge in [0.25, 0.3) is 0 Å². The third-order valence-electron chi connectivity index (χ3n) is 5.57. The summed E-state index contributed by atoms with van der Waals surface area (Å²) in [6.07, 6.45) is 4.66. The number of carbonyl (C=O) groups excluding carboxylic acids is 1. The Morgan fingerprint density at radius 1 is 1.08 bits per heavy atom. The number of benzene rings is 1. The summed E-state index contributed by atoms with van der Waals surface area (Å²) < 4.78 is 0.